The molecular formula is C27H18BrN5O2. The average Bonchev–Trinajstić information content (AvgIpc) is 3.32. The van der Waals surface area contributed by atoms with Gasteiger partial charge in [-0.3, -0.25) is 4.79 Å². The van der Waals surface area contributed by atoms with Crippen LogP contribution in [-0.4, -0.2) is 26.9 Å². The van der Waals surface area contributed by atoms with Gasteiger partial charge in [-0.25, -0.2) is 9.67 Å². The fourth-order valence-electron chi connectivity index (χ4n) is 3.73. The number of methoxy groups -OCH3 is 1. The molecule has 0 radical (unpaired) electrons. The Bertz CT molecular complexity index is 1660. The number of benzene rings is 3. The van der Waals surface area contributed by atoms with E-state index in [-0.39, 0.29) is 17.0 Å². The van der Waals surface area contributed by atoms with Gasteiger partial charge in [-0.2, -0.15) is 10.4 Å². The van der Waals surface area contributed by atoms with E-state index in [1.165, 1.54) is 0 Å². The van der Waals surface area contributed by atoms with E-state index in [2.05, 4.69) is 32.0 Å². The molecule has 0 bridgehead atoms. The van der Waals surface area contributed by atoms with Gasteiger partial charge in [-0.1, -0.05) is 34.1 Å². The number of nitriles is 1. The predicted octanol–water partition coefficient (Wildman–Crippen LogP) is 5.61. The van der Waals surface area contributed by atoms with E-state index in [0.717, 1.165) is 21.5 Å². The smallest absolute Gasteiger partial charge is 0.259 e. The number of H-pyrrole nitrogens is 1. The van der Waals surface area contributed by atoms with Crippen LogP contribution in [0.3, 0.4) is 0 Å². The predicted molar refractivity (Wildman–Crippen MR) is 139 cm³/mol. The molecule has 0 atom stereocenters. The first-order valence-electron chi connectivity index (χ1n) is 10.7. The van der Waals surface area contributed by atoms with Crippen molar-refractivity contribution in [2.75, 3.05) is 7.11 Å². The molecule has 0 saturated carbocycles. The lowest BCUT2D eigenvalue weighted by molar-refractivity contribution is 0.415. The second-order valence-electron chi connectivity index (χ2n) is 7.69. The van der Waals surface area contributed by atoms with Crippen LogP contribution in [0.5, 0.6) is 5.75 Å². The van der Waals surface area contributed by atoms with Gasteiger partial charge in [0.05, 0.1) is 35.0 Å². The van der Waals surface area contributed by atoms with Crippen molar-refractivity contribution in [1.82, 2.24) is 19.7 Å². The van der Waals surface area contributed by atoms with Gasteiger partial charge in [0, 0.05) is 21.8 Å². The van der Waals surface area contributed by atoms with Gasteiger partial charge in [0.1, 0.15) is 11.8 Å². The molecule has 0 saturated heterocycles. The van der Waals surface area contributed by atoms with Crippen LogP contribution >= 0.6 is 15.9 Å². The van der Waals surface area contributed by atoms with Crippen LogP contribution in [0, 0.1) is 11.3 Å². The zero-order chi connectivity index (χ0) is 24.4. The number of rotatable bonds is 5. The summed E-state index contributed by atoms with van der Waals surface area (Å²) >= 11 is 3.37. The van der Waals surface area contributed by atoms with Crippen molar-refractivity contribution in [3.63, 3.8) is 0 Å². The van der Waals surface area contributed by atoms with Crippen molar-refractivity contribution < 1.29 is 4.74 Å². The van der Waals surface area contributed by atoms with Gasteiger partial charge in [-0.15, -0.1) is 0 Å². The Kier molecular flexibility index (Phi) is 6.00. The third kappa shape index (κ3) is 4.50. The second kappa shape index (κ2) is 9.41. The summed E-state index contributed by atoms with van der Waals surface area (Å²) in [5.41, 5.74) is 3.52. The Morgan fingerprint density at radius 3 is 2.60 bits per heavy atom. The number of nitrogens with zero attached hydrogens (tertiary/aromatic N) is 4. The monoisotopic (exact) mass is 523 g/mol. The van der Waals surface area contributed by atoms with Gasteiger partial charge in [0.25, 0.3) is 5.56 Å². The van der Waals surface area contributed by atoms with Crippen LogP contribution in [-0.2, 0) is 0 Å². The Labute approximate surface area is 209 Å². The first-order chi connectivity index (χ1) is 17.1. The number of allylic oxidation sites excluding steroid dienone is 1. The molecule has 0 aliphatic rings. The summed E-state index contributed by atoms with van der Waals surface area (Å²) in [6.45, 7) is 0. The zero-order valence-corrected chi connectivity index (χ0v) is 20.2. The molecule has 5 aromatic rings. The number of aromatic amines is 1. The average molecular weight is 524 g/mol. The molecule has 2 heterocycles. The van der Waals surface area contributed by atoms with E-state index < -0.39 is 0 Å². The van der Waals surface area contributed by atoms with E-state index in [1.54, 1.807) is 36.1 Å². The number of hydrogen-bond donors (Lipinski definition) is 1. The number of ether oxygens (including phenoxy) is 1. The van der Waals surface area contributed by atoms with Crippen LogP contribution in [0.2, 0.25) is 0 Å². The first kappa shape index (κ1) is 22.3. The highest BCUT2D eigenvalue weighted by Crippen LogP contribution is 2.29. The Morgan fingerprint density at radius 2 is 1.89 bits per heavy atom. The largest absolute Gasteiger partial charge is 0.497 e. The maximum atomic E-state index is 12.7. The SMILES string of the molecule is COc1ccc(-c2nn(-c3ccccc3)cc2C=C(C#N)c2nc3ccc(Br)cc3c(=O)[nH]2)cc1. The third-order valence-corrected chi connectivity index (χ3v) is 5.96. The van der Waals surface area contributed by atoms with Crippen molar-refractivity contribution in [1.29, 1.82) is 5.26 Å². The van der Waals surface area contributed by atoms with E-state index >= 15 is 0 Å². The summed E-state index contributed by atoms with van der Waals surface area (Å²) in [7, 11) is 1.61. The normalized spacial score (nSPS) is 11.4. The summed E-state index contributed by atoms with van der Waals surface area (Å²) in [4.78, 5) is 19.9. The third-order valence-electron chi connectivity index (χ3n) is 5.47. The zero-order valence-electron chi connectivity index (χ0n) is 18.6. The second-order valence-corrected chi connectivity index (χ2v) is 8.60. The summed E-state index contributed by atoms with van der Waals surface area (Å²) in [5, 5.41) is 15.2. The first-order valence-corrected chi connectivity index (χ1v) is 11.5. The van der Waals surface area contributed by atoms with Crippen molar-refractivity contribution in [2.45, 2.75) is 0 Å². The van der Waals surface area contributed by atoms with Gasteiger partial charge in [0.15, 0.2) is 5.82 Å². The number of nitrogens with one attached hydrogen (secondary N) is 1. The van der Waals surface area contributed by atoms with Gasteiger partial charge >= 0.3 is 0 Å². The molecule has 1 N–H and O–H groups in total. The maximum Gasteiger partial charge on any atom is 0.259 e. The highest BCUT2D eigenvalue weighted by Gasteiger charge is 2.15. The van der Waals surface area contributed by atoms with Crippen molar-refractivity contribution in [2.24, 2.45) is 0 Å². The molecule has 2 aromatic heterocycles. The maximum absolute atomic E-state index is 12.7. The summed E-state index contributed by atoms with van der Waals surface area (Å²) in [6.07, 6.45) is 3.54. The topological polar surface area (TPSA) is 96.6 Å². The van der Waals surface area contributed by atoms with Crippen molar-refractivity contribution >= 4 is 38.5 Å². The molecule has 0 aliphatic heterocycles. The van der Waals surface area contributed by atoms with Crippen LogP contribution in [0.25, 0.3) is 39.5 Å². The molecule has 7 nitrogen and oxygen atoms in total. The van der Waals surface area contributed by atoms with Crippen LogP contribution < -0.4 is 10.3 Å². The standard InChI is InChI=1S/C27H18BrN5O2/c1-35-22-10-7-17(8-11-22)25-19(16-33(32-25)21-5-3-2-4-6-21)13-18(15-29)26-30-24-12-9-20(28)14-23(24)27(34)31-26/h2-14,16H,1H3,(H,30,31,34). The van der Waals surface area contributed by atoms with Crippen LogP contribution in [0.1, 0.15) is 11.4 Å². The molecule has 0 spiro atoms. The lowest BCUT2D eigenvalue weighted by Crippen LogP contribution is -2.11. The molecule has 170 valence electrons. The van der Waals surface area contributed by atoms with Gasteiger partial charge < -0.3 is 9.72 Å². The highest BCUT2D eigenvalue weighted by atomic mass is 79.9. The molecule has 8 heteroatoms. The van der Waals surface area contributed by atoms with Gasteiger partial charge in [0.2, 0.25) is 0 Å². The number of aromatic nitrogens is 4. The highest BCUT2D eigenvalue weighted by molar-refractivity contribution is 9.10. The fraction of sp³-hybridized carbons (Fsp3) is 0.0370. The van der Waals surface area contributed by atoms with Gasteiger partial charge in [-0.05, 0) is 60.7 Å². The fourth-order valence-corrected chi connectivity index (χ4v) is 4.09. The summed E-state index contributed by atoms with van der Waals surface area (Å²) in [6, 6.07) is 24.7. The number of fused-ring (bicyclic) bond motifs is 1. The summed E-state index contributed by atoms with van der Waals surface area (Å²) in [5.74, 6) is 0.927. The molecule has 0 fully saturated rings. The van der Waals surface area contributed by atoms with E-state index in [1.807, 2.05) is 60.8 Å². The Balaban J connectivity index is 1.67. The van der Waals surface area contributed by atoms with Crippen molar-refractivity contribution in [3.8, 4) is 28.8 Å². The quantitative estimate of drug-likeness (QED) is 0.302. The number of halogens is 1. The molecule has 0 unspecified atom stereocenters. The molecule has 3 aromatic carbocycles. The van der Waals surface area contributed by atoms with E-state index in [9.17, 15) is 10.1 Å². The molecule has 5 rings (SSSR count). The Hall–Kier alpha value is -4.48. The minimum atomic E-state index is -0.317. The minimum absolute atomic E-state index is 0.195. The van der Waals surface area contributed by atoms with Crippen LogP contribution in [0.4, 0.5) is 0 Å². The van der Waals surface area contributed by atoms with Crippen LogP contribution in [0.15, 0.2) is 88.3 Å². The Morgan fingerprint density at radius 1 is 1.11 bits per heavy atom. The molecular weight excluding hydrogens is 506 g/mol. The number of hydrogen-bond acceptors (Lipinski definition) is 5. The number of para-hydroxylation sites is 1. The molecule has 0 amide bonds. The van der Waals surface area contributed by atoms with Crippen molar-refractivity contribution in [3.05, 3.63) is 105 Å². The van der Waals surface area contributed by atoms with E-state index in [4.69, 9.17) is 9.84 Å². The molecule has 35 heavy (non-hydrogen) atoms. The summed E-state index contributed by atoms with van der Waals surface area (Å²) < 4.78 is 7.81. The lowest BCUT2D eigenvalue weighted by Gasteiger charge is -2.04. The molecule has 0 aliphatic carbocycles. The van der Waals surface area contributed by atoms with E-state index in [0.29, 0.717) is 22.2 Å². The minimum Gasteiger partial charge on any atom is -0.497 e. The lowest BCUT2D eigenvalue weighted by atomic mass is 10.1.